The molecule has 4 nitrogen and oxygen atoms in total. The summed E-state index contributed by atoms with van der Waals surface area (Å²) in [6.07, 6.45) is 0. The topological polar surface area (TPSA) is 47.9 Å². The highest BCUT2D eigenvalue weighted by molar-refractivity contribution is 6.36. The average molecular weight is 344 g/mol. The fourth-order valence-corrected chi connectivity index (χ4v) is 2.74. The van der Waals surface area contributed by atoms with Gasteiger partial charge in [-0.3, -0.25) is 0 Å². The molecule has 0 aromatic heterocycles. The zero-order valence-electron chi connectivity index (χ0n) is 13.6. The Labute approximate surface area is 146 Å². The Morgan fingerprint density at radius 3 is 2.62 bits per heavy atom. The molecule has 1 aliphatic heterocycles. The van der Waals surface area contributed by atoms with Gasteiger partial charge in [-0.1, -0.05) is 48.0 Å². The van der Waals surface area contributed by atoms with E-state index >= 15 is 0 Å². The van der Waals surface area contributed by atoms with Crippen LogP contribution in [0.3, 0.4) is 0 Å². The van der Waals surface area contributed by atoms with Gasteiger partial charge >= 0.3 is 5.97 Å². The smallest absolute Gasteiger partial charge is 0.345 e. The molecule has 0 aliphatic carbocycles. The van der Waals surface area contributed by atoms with Crippen LogP contribution in [0.2, 0.25) is 5.02 Å². The summed E-state index contributed by atoms with van der Waals surface area (Å²) in [4.78, 5) is 16.5. The van der Waals surface area contributed by atoms with Crippen molar-refractivity contribution < 1.29 is 14.3 Å². The minimum Gasteiger partial charge on any atom is -0.403 e. The molecule has 124 valence electrons. The maximum atomic E-state index is 11.9. The number of fused-ring (bicyclic) bond motifs is 1. The Hall–Kier alpha value is -2.17. The van der Waals surface area contributed by atoms with Crippen molar-refractivity contribution in [3.05, 3.63) is 70.2 Å². The molecule has 24 heavy (non-hydrogen) atoms. The maximum absolute atomic E-state index is 11.9. The normalized spacial score (nSPS) is 15.5. The minimum atomic E-state index is -0.550. The van der Waals surface area contributed by atoms with Crippen LogP contribution in [0.4, 0.5) is 0 Å². The quantitative estimate of drug-likeness (QED) is 0.762. The van der Waals surface area contributed by atoms with Gasteiger partial charge < -0.3 is 9.47 Å². The van der Waals surface area contributed by atoms with Crippen molar-refractivity contribution in [2.45, 2.75) is 26.0 Å². The summed E-state index contributed by atoms with van der Waals surface area (Å²) in [7, 11) is 0. The van der Waals surface area contributed by atoms with Crippen molar-refractivity contribution in [1.29, 1.82) is 0 Å². The molecule has 0 amide bonds. The van der Waals surface area contributed by atoms with Crippen LogP contribution >= 0.6 is 11.6 Å². The molecule has 3 rings (SSSR count). The highest BCUT2D eigenvalue weighted by Gasteiger charge is 2.32. The van der Waals surface area contributed by atoms with Crippen LogP contribution in [-0.4, -0.2) is 24.0 Å². The molecule has 2 aromatic rings. The van der Waals surface area contributed by atoms with Crippen molar-refractivity contribution in [3.63, 3.8) is 0 Å². The molecule has 0 saturated carbocycles. The van der Waals surface area contributed by atoms with Gasteiger partial charge in [-0.15, -0.1) is 0 Å². The van der Waals surface area contributed by atoms with E-state index in [1.54, 1.807) is 18.2 Å². The molecule has 0 spiro atoms. The lowest BCUT2D eigenvalue weighted by Gasteiger charge is -2.20. The standard InChI is InChI=1S/C19H18ClNO3/c1-19(2,12-23-11-13-7-4-3-5-8-13)21-17-16-14(18(22)24-17)9-6-10-15(16)20/h3-10H,11-12H2,1-2H3/b21-17+. The number of nitrogens with zero attached hydrogens (tertiary/aromatic N) is 1. The van der Waals surface area contributed by atoms with Gasteiger partial charge in [0.1, 0.15) is 0 Å². The van der Waals surface area contributed by atoms with E-state index in [1.807, 2.05) is 44.2 Å². The van der Waals surface area contributed by atoms with E-state index < -0.39 is 11.5 Å². The third-order valence-corrected chi connectivity index (χ3v) is 3.92. The molecule has 0 N–H and O–H groups in total. The lowest BCUT2D eigenvalue weighted by molar-refractivity contribution is 0.0721. The number of esters is 1. The molecule has 0 fully saturated rings. The number of ether oxygens (including phenoxy) is 2. The number of aliphatic imine (C=N–C) groups is 1. The lowest BCUT2D eigenvalue weighted by Crippen LogP contribution is -2.26. The summed E-state index contributed by atoms with van der Waals surface area (Å²) in [6.45, 7) is 4.75. The zero-order chi connectivity index (χ0) is 17.2. The number of carbonyl (C=O) groups is 1. The Bertz CT molecular complexity index is 784. The first-order valence-corrected chi connectivity index (χ1v) is 8.07. The molecular weight excluding hydrogens is 326 g/mol. The third-order valence-electron chi connectivity index (χ3n) is 3.61. The van der Waals surface area contributed by atoms with Crippen LogP contribution in [0, 0.1) is 0 Å². The van der Waals surface area contributed by atoms with Crippen molar-refractivity contribution in [3.8, 4) is 0 Å². The summed E-state index contributed by atoms with van der Waals surface area (Å²) in [5.74, 6) is -0.166. The van der Waals surface area contributed by atoms with Crippen molar-refractivity contribution >= 4 is 23.5 Å². The van der Waals surface area contributed by atoms with Crippen molar-refractivity contribution in [1.82, 2.24) is 0 Å². The highest BCUT2D eigenvalue weighted by atomic mass is 35.5. The third kappa shape index (κ3) is 3.66. The minimum absolute atomic E-state index is 0.258. The predicted octanol–water partition coefficient (Wildman–Crippen LogP) is 4.25. The largest absolute Gasteiger partial charge is 0.403 e. The fourth-order valence-electron chi connectivity index (χ4n) is 2.48. The van der Waals surface area contributed by atoms with Gasteiger partial charge in [-0.05, 0) is 31.5 Å². The molecule has 0 unspecified atom stereocenters. The molecule has 0 saturated heterocycles. The van der Waals surface area contributed by atoms with E-state index in [1.165, 1.54) is 0 Å². The monoisotopic (exact) mass is 343 g/mol. The summed E-state index contributed by atoms with van der Waals surface area (Å²) < 4.78 is 11.0. The zero-order valence-corrected chi connectivity index (χ0v) is 14.3. The first kappa shape index (κ1) is 16.7. The molecule has 1 heterocycles. The van der Waals surface area contributed by atoms with Crippen LogP contribution < -0.4 is 0 Å². The van der Waals surface area contributed by atoms with Crippen LogP contribution in [0.15, 0.2) is 53.5 Å². The Kier molecular flexibility index (Phi) is 4.69. The number of hydrogen-bond donors (Lipinski definition) is 0. The second-order valence-electron chi connectivity index (χ2n) is 6.26. The van der Waals surface area contributed by atoms with Gasteiger partial charge in [-0.25, -0.2) is 9.79 Å². The SMILES string of the molecule is CC(C)(COCc1ccccc1)/N=C1/OC(=O)c2cccc(Cl)c21. The van der Waals surface area contributed by atoms with E-state index in [0.29, 0.717) is 29.4 Å². The second-order valence-corrected chi connectivity index (χ2v) is 6.67. The van der Waals surface area contributed by atoms with Crippen molar-refractivity contribution in [2.75, 3.05) is 6.61 Å². The van der Waals surface area contributed by atoms with Crippen LogP contribution in [-0.2, 0) is 16.1 Å². The molecule has 0 atom stereocenters. The number of carbonyl (C=O) groups excluding carboxylic acids is 1. The number of halogens is 1. The molecule has 5 heteroatoms. The van der Waals surface area contributed by atoms with E-state index in [4.69, 9.17) is 21.1 Å². The van der Waals surface area contributed by atoms with Gasteiger partial charge in [0.15, 0.2) is 0 Å². The average Bonchev–Trinajstić information content (AvgIpc) is 2.85. The first-order chi connectivity index (χ1) is 11.5. The number of cyclic esters (lactones) is 1. The second kappa shape index (κ2) is 6.75. The van der Waals surface area contributed by atoms with E-state index in [-0.39, 0.29) is 5.90 Å². The maximum Gasteiger partial charge on any atom is 0.345 e. The summed E-state index contributed by atoms with van der Waals surface area (Å²) in [5.41, 5.74) is 1.55. The predicted molar refractivity (Wildman–Crippen MR) is 93.6 cm³/mol. The molecule has 0 radical (unpaired) electrons. The number of benzene rings is 2. The van der Waals surface area contributed by atoms with Crippen LogP contribution in [0.5, 0.6) is 0 Å². The molecule has 1 aliphatic rings. The van der Waals surface area contributed by atoms with Crippen LogP contribution in [0.25, 0.3) is 0 Å². The fraction of sp³-hybridized carbons (Fsp3) is 0.263. The number of hydrogen-bond acceptors (Lipinski definition) is 4. The molecular formula is C19H18ClNO3. The van der Waals surface area contributed by atoms with Gasteiger partial charge in [0.05, 0.1) is 34.9 Å². The summed E-state index contributed by atoms with van der Waals surface area (Å²) >= 11 is 6.20. The Morgan fingerprint density at radius 1 is 1.12 bits per heavy atom. The van der Waals surface area contributed by atoms with Gasteiger partial charge in [0.25, 0.3) is 0 Å². The van der Waals surface area contributed by atoms with Crippen LogP contribution in [0.1, 0.15) is 35.3 Å². The van der Waals surface area contributed by atoms with Gasteiger partial charge in [-0.2, -0.15) is 0 Å². The van der Waals surface area contributed by atoms with Gasteiger partial charge in [0, 0.05) is 0 Å². The van der Waals surface area contributed by atoms with Gasteiger partial charge in [0.2, 0.25) is 5.90 Å². The van der Waals surface area contributed by atoms with E-state index in [0.717, 1.165) is 5.56 Å². The first-order valence-electron chi connectivity index (χ1n) is 7.69. The summed E-state index contributed by atoms with van der Waals surface area (Å²) in [6, 6.07) is 15.1. The Balaban J connectivity index is 1.72. The number of rotatable bonds is 5. The molecule has 2 aromatic carbocycles. The van der Waals surface area contributed by atoms with Crippen molar-refractivity contribution in [2.24, 2.45) is 4.99 Å². The Morgan fingerprint density at radius 2 is 1.88 bits per heavy atom. The molecule has 0 bridgehead atoms. The van der Waals surface area contributed by atoms with E-state index in [9.17, 15) is 4.79 Å². The van der Waals surface area contributed by atoms with E-state index in [2.05, 4.69) is 4.99 Å². The summed E-state index contributed by atoms with van der Waals surface area (Å²) in [5, 5.41) is 0.457. The lowest BCUT2D eigenvalue weighted by atomic mass is 10.1. The highest BCUT2D eigenvalue weighted by Crippen LogP contribution is 2.29.